The third kappa shape index (κ3) is 38.5. The normalized spacial score (nSPS) is 15.0. The third-order valence-electron chi connectivity index (χ3n) is 9.18. The molecule has 0 heterocycles. The van der Waals surface area contributed by atoms with Crippen molar-refractivity contribution in [3.05, 3.63) is 60.8 Å². The van der Waals surface area contributed by atoms with Gasteiger partial charge < -0.3 is 19.8 Å². The maximum Gasteiger partial charge on any atom is 0.472 e. The zero-order valence-corrected chi connectivity index (χ0v) is 36.3. The number of nitrogens with zero attached hydrogens (tertiary/aromatic N) is 1. The number of phosphoric ester groups is 1. The zero-order valence-electron chi connectivity index (χ0n) is 35.4. The van der Waals surface area contributed by atoms with E-state index in [1.807, 2.05) is 27.2 Å². The second-order valence-electron chi connectivity index (χ2n) is 15.7. The number of rotatable bonds is 38. The zero-order chi connectivity index (χ0) is 40.0. The van der Waals surface area contributed by atoms with Gasteiger partial charge >= 0.3 is 7.82 Å². The summed E-state index contributed by atoms with van der Waals surface area (Å²) in [6, 6.07) is -0.868. The first-order valence-electron chi connectivity index (χ1n) is 21.7. The number of unbranched alkanes of at least 4 members (excludes halogenated alkanes) is 17. The van der Waals surface area contributed by atoms with E-state index in [1.54, 1.807) is 6.08 Å². The van der Waals surface area contributed by atoms with Crippen LogP contribution in [0.1, 0.15) is 168 Å². The Balaban J connectivity index is 4.34. The van der Waals surface area contributed by atoms with Crippen molar-refractivity contribution in [2.75, 3.05) is 40.9 Å². The van der Waals surface area contributed by atoms with Crippen LogP contribution in [-0.2, 0) is 18.4 Å². The first-order valence-corrected chi connectivity index (χ1v) is 23.2. The van der Waals surface area contributed by atoms with Gasteiger partial charge in [-0.15, -0.1) is 0 Å². The molecule has 1 amide bonds. The van der Waals surface area contributed by atoms with Crippen LogP contribution in [0.4, 0.5) is 0 Å². The number of quaternary nitrogens is 1. The van der Waals surface area contributed by atoms with Crippen LogP contribution in [0.5, 0.6) is 0 Å². The van der Waals surface area contributed by atoms with E-state index in [1.165, 1.54) is 83.5 Å². The summed E-state index contributed by atoms with van der Waals surface area (Å²) in [5.74, 6) is -0.196. The fraction of sp³-hybridized carbons (Fsp3) is 0.756. The van der Waals surface area contributed by atoms with Crippen LogP contribution >= 0.6 is 7.82 Å². The predicted octanol–water partition coefficient (Wildman–Crippen LogP) is 11.9. The SMILES string of the molecule is CC/C=C\C/C=C\CCCCCCCCCCCCCCCCC(=O)NC(COP(=O)(O)OCC[N+](C)(C)C)C(O)/C=C/CC/C=C/CC/C=C/CCC. The number of carbonyl (C=O) groups is 1. The van der Waals surface area contributed by atoms with Crippen molar-refractivity contribution in [2.24, 2.45) is 0 Å². The van der Waals surface area contributed by atoms with E-state index in [0.29, 0.717) is 17.4 Å². The number of likely N-dealkylation sites (N-methyl/N-ethyl adjacent to an activating group) is 1. The Morgan fingerprint density at radius 3 is 1.67 bits per heavy atom. The first-order chi connectivity index (χ1) is 26.0. The van der Waals surface area contributed by atoms with Crippen molar-refractivity contribution in [1.82, 2.24) is 5.32 Å². The largest absolute Gasteiger partial charge is 0.472 e. The summed E-state index contributed by atoms with van der Waals surface area (Å²) in [6.07, 6.45) is 47.3. The highest BCUT2D eigenvalue weighted by Crippen LogP contribution is 2.43. The third-order valence-corrected chi connectivity index (χ3v) is 10.2. The van der Waals surface area contributed by atoms with E-state index in [4.69, 9.17) is 9.05 Å². The average molecular weight is 780 g/mol. The number of allylic oxidation sites excluding steroid dienone is 9. The van der Waals surface area contributed by atoms with Crippen molar-refractivity contribution in [1.29, 1.82) is 0 Å². The Morgan fingerprint density at radius 2 is 1.13 bits per heavy atom. The van der Waals surface area contributed by atoms with Crippen molar-refractivity contribution >= 4 is 13.7 Å². The molecule has 8 nitrogen and oxygen atoms in total. The van der Waals surface area contributed by atoms with Gasteiger partial charge in [-0.2, -0.15) is 0 Å². The maximum absolute atomic E-state index is 12.8. The molecule has 0 aliphatic heterocycles. The van der Waals surface area contributed by atoms with Gasteiger partial charge in [0.15, 0.2) is 0 Å². The van der Waals surface area contributed by atoms with Gasteiger partial charge in [-0.1, -0.05) is 158 Å². The highest BCUT2D eigenvalue weighted by molar-refractivity contribution is 7.47. The molecular weight excluding hydrogens is 695 g/mol. The summed E-state index contributed by atoms with van der Waals surface area (Å²) in [5.41, 5.74) is 0. The molecule has 0 rings (SSSR count). The van der Waals surface area contributed by atoms with Crippen LogP contribution in [0.3, 0.4) is 0 Å². The molecule has 0 saturated carbocycles. The molecule has 0 saturated heterocycles. The predicted molar refractivity (Wildman–Crippen MR) is 230 cm³/mol. The Kier molecular flexibility index (Phi) is 35.6. The van der Waals surface area contributed by atoms with E-state index in [9.17, 15) is 19.4 Å². The molecule has 3 unspecified atom stereocenters. The van der Waals surface area contributed by atoms with E-state index < -0.39 is 20.0 Å². The van der Waals surface area contributed by atoms with Gasteiger partial charge in [0.25, 0.3) is 0 Å². The van der Waals surface area contributed by atoms with Crippen LogP contribution in [0.2, 0.25) is 0 Å². The Morgan fingerprint density at radius 1 is 0.648 bits per heavy atom. The number of aliphatic hydroxyl groups is 1. The lowest BCUT2D eigenvalue weighted by atomic mass is 10.0. The minimum atomic E-state index is -4.35. The minimum Gasteiger partial charge on any atom is -0.387 e. The molecule has 0 bridgehead atoms. The molecule has 0 aromatic heterocycles. The Bertz CT molecular complexity index is 1060. The van der Waals surface area contributed by atoms with Crippen LogP contribution in [-0.4, -0.2) is 73.4 Å². The smallest absolute Gasteiger partial charge is 0.387 e. The van der Waals surface area contributed by atoms with Crippen LogP contribution in [0, 0.1) is 0 Å². The van der Waals surface area contributed by atoms with E-state index in [-0.39, 0.29) is 19.1 Å². The topological polar surface area (TPSA) is 105 Å². The molecule has 3 atom stereocenters. The number of amides is 1. The molecule has 0 fully saturated rings. The van der Waals surface area contributed by atoms with Gasteiger partial charge in [-0.3, -0.25) is 13.8 Å². The molecule has 314 valence electrons. The molecule has 0 radical (unpaired) electrons. The van der Waals surface area contributed by atoms with E-state index in [2.05, 4.69) is 67.8 Å². The lowest BCUT2D eigenvalue weighted by Crippen LogP contribution is -2.45. The molecule has 3 N–H and O–H groups in total. The van der Waals surface area contributed by atoms with Gasteiger partial charge in [0, 0.05) is 6.42 Å². The number of aliphatic hydroxyl groups excluding tert-OH is 1. The summed E-state index contributed by atoms with van der Waals surface area (Å²) in [7, 11) is 1.54. The highest BCUT2D eigenvalue weighted by atomic mass is 31.2. The number of hydrogen-bond donors (Lipinski definition) is 3. The maximum atomic E-state index is 12.8. The van der Waals surface area contributed by atoms with Crippen molar-refractivity contribution in [3.63, 3.8) is 0 Å². The van der Waals surface area contributed by atoms with Crippen molar-refractivity contribution < 1.29 is 32.9 Å². The molecule has 0 aliphatic rings. The number of nitrogens with one attached hydrogen (secondary N) is 1. The summed E-state index contributed by atoms with van der Waals surface area (Å²) < 4.78 is 23.5. The summed E-state index contributed by atoms with van der Waals surface area (Å²) in [5, 5.41) is 13.7. The molecular formula is C45H84N2O6P+. The van der Waals surface area contributed by atoms with Gasteiger partial charge in [-0.05, 0) is 64.2 Å². The fourth-order valence-corrected chi connectivity index (χ4v) is 6.50. The van der Waals surface area contributed by atoms with Crippen LogP contribution < -0.4 is 5.32 Å². The van der Waals surface area contributed by atoms with Crippen LogP contribution in [0.25, 0.3) is 0 Å². The van der Waals surface area contributed by atoms with Gasteiger partial charge in [0.1, 0.15) is 13.2 Å². The standard InChI is InChI=1S/C45H83N2O6P/c1-6-8-10-12-14-16-18-19-20-21-22-23-24-25-26-27-29-31-33-35-37-39-45(49)46-43(42-53-54(50,51)52-41-40-47(3,4)5)44(48)38-36-34-32-30-28-17-15-13-11-9-7-2/h8,10-11,13-14,16,28,30,36,38,43-44,48H,6-7,9,12,15,17-27,29,31-35,37,39-42H2,1-5H3,(H-,46,49,50,51)/p+1/b10-8-,13-11+,16-14-,30-28+,38-36+. The molecule has 0 aliphatic carbocycles. The van der Waals surface area contributed by atoms with Gasteiger partial charge in [0.2, 0.25) is 5.91 Å². The Hall–Kier alpha value is -1.80. The molecule has 54 heavy (non-hydrogen) atoms. The molecule has 0 spiro atoms. The molecule has 0 aromatic rings. The van der Waals surface area contributed by atoms with Crippen molar-refractivity contribution in [3.8, 4) is 0 Å². The van der Waals surface area contributed by atoms with Gasteiger partial charge in [-0.25, -0.2) is 4.57 Å². The lowest BCUT2D eigenvalue weighted by molar-refractivity contribution is -0.870. The molecule has 9 heteroatoms. The quantitative estimate of drug-likeness (QED) is 0.0249. The summed E-state index contributed by atoms with van der Waals surface area (Å²) in [6.45, 7) is 4.59. The van der Waals surface area contributed by atoms with Gasteiger partial charge in [0.05, 0.1) is 39.9 Å². The summed E-state index contributed by atoms with van der Waals surface area (Å²) >= 11 is 0. The molecule has 0 aromatic carbocycles. The fourth-order valence-electron chi connectivity index (χ4n) is 5.76. The minimum absolute atomic E-state index is 0.0516. The summed E-state index contributed by atoms with van der Waals surface area (Å²) in [4.78, 5) is 23.1. The number of hydrogen-bond acceptors (Lipinski definition) is 5. The lowest BCUT2D eigenvalue weighted by Gasteiger charge is -2.25. The Labute approximate surface area is 332 Å². The van der Waals surface area contributed by atoms with Crippen LogP contribution in [0.15, 0.2) is 60.8 Å². The monoisotopic (exact) mass is 780 g/mol. The number of phosphoric acid groups is 1. The van der Waals surface area contributed by atoms with E-state index >= 15 is 0 Å². The average Bonchev–Trinajstić information content (AvgIpc) is 3.12. The first kappa shape index (κ1) is 52.2. The van der Waals surface area contributed by atoms with E-state index in [0.717, 1.165) is 64.2 Å². The van der Waals surface area contributed by atoms with Crippen molar-refractivity contribution in [2.45, 2.75) is 180 Å². The number of carbonyl (C=O) groups excluding carboxylic acids is 1. The highest BCUT2D eigenvalue weighted by Gasteiger charge is 2.27. The second-order valence-corrected chi connectivity index (χ2v) is 17.1. The second kappa shape index (κ2) is 36.8.